The van der Waals surface area contributed by atoms with Crippen molar-refractivity contribution in [2.45, 2.75) is 13.3 Å². The summed E-state index contributed by atoms with van der Waals surface area (Å²) in [6, 6.07) is 4.24. The molecule has 0 aliphatic heterocycles. The molecule has 0 saturated carbocycles. The van der Waals surface area contributed by atoms with Gasteiger partial charge in [-0.3, -0.25) is 0 Å². The zero-order valence-electron chi connectivity index (χ0n) is 8.84. The van der Waals surface area contributed by atoms with Crippen molar-refractivity contribution < 1.29 is 18.3 Å². The van der Waals surface area contributed by atoms with Crippen LogP contribution in [-0.4, -0.2) is 12.6 Å². The van der Waals surface area contributed by atoms with Crippen molar-refractivity contribution in [2.75, 3.05) is 6.61 Å². The molecule has 17 heavy (non-hydrogen) atoms. The Morgan fingerprint density at radius 3 is 2.71 bits per heavy atom. The van der Waals surface area contributed by atoms with E-state index < -0.39 is 18.0 Å². The summed E-state index contributed by atoms with van der Waals surface area (Å²) in [6.45, 7) is 1.65. The van der Waals surface area contributed by atoms with Gasteiger partial charge in [-0.25, -0.2) is 13.6 Å². The Kier molecular flexibility index (Phi) is 4.58. The highest BCUT2D eigenvalue weighted by Gasteiger charge is 2.25. The molecule has 6 heteroatoms. The number of esters is 1. The number of alkyl halides is 2. The van der Waals surface area contributed by atoms with Gasteiger partial charge in [0.1, 0.15) is 0 Å². The second-order valence-electron chi connectivity index (χ2n) is 3.02. The number of hydrogen-bond acceptors (Lipinski definition) is 3. The largest absolute Gasteiger partial charge is 0.462 e. The van der Waals surface area contributed by atoms with Gasteiger partial charge in [0.2, 0.25) is 0 Å². The summed E-state index contributed by atoms with van der Waals surface area (Å²) >= 11 is 3.01. The van der Waals surface area contributed by atoms with E-state index in [4.69, 9.17) is 5.26 Å². The molecule has 1 rings (SSSR count). The van der Waals surface area contributed by atoms with Crippen LogP contribution in [0.1, 0.15) is 34.8 Å². The lowest BCUT2D eigenvalue weighted by molar-refractivity contribution is 0.0514. The molecule has 0 amide bonds. The van der Waals surface area contributed by atoms with E-state index in [0.29, 0.717) is 0 Å². The maximum absolute atomic E-state index is 12.9. The zero-order chi connectivity index (χ0) is 13.0. The highest BCUT2D eigenvalue weighted by Crippen LogP contribution is 2.32. The predicted octanol–water partition coefficient (Wildman–Crippen LogP) is 3.44. The van der Waals surface area contributed by atoms with Gasteiger partial charge in [-0.15, -0.1) is 0 Å². The van der Waals surface area contributed by atoms with Crippen LogP contribution in [0.4, 0.5) is 8.78 Å². The highest BCUT2D eigenvalue weighted by molar-refractivity contribution is 9.10. The maximum atomic E-state index is 12.9. The van der Waals surface area contributed by atoms with E-state index in [1.807, 2.05) is 0 Å². The molecule has 0 aliphatic carbocycles. The Labute approximate surface area is 105 Å². The molecule has 0 N–H and O–H groups in total. The quantitative estimate of drug-likeness (QED) is 0.804. The van der Waals surface area contributed by atoms with Crippen LogP contribution in [0, 0.1) is 11.3 Å². The molecule has 0 saturated heterocycles. The van der Waals surface area contributed by atoms with Crippen LogP contribution < -0.4 is 0 Å². The fourth-order valence-corrected chi connectivity index (χ4v) is 1.84. The van der Waals surface area contributed by atoms with Crippen LogP contribution in [0.15, 0.2) is 16.6 Å². The second kappa shape index (κ2) is 5.73. The summed E-state index contributed by atoms with van der Waals surface area (Å²) in [7, 11) is 0. The van der Waals surface area contributed by atoms with E-state index >= 15 is 0 Å². The number of carbonyl (C=O) groups excluding carboxylic acids is 1. The molecule has 0 aromatic heterocycles. The van der Waals surface area contributed by atoms with Crippen LogP contribution in [0.25, 0.3) is 0 Å². The Hall–Kier alpha value is -1.48. The lowest BCUT2D eigenvalue weighted by atomic mass is 10.0. The summed E-state index contributed by atoms with van der Waals surface area (Å²) in [5.41, 5.74) is -1.12. The third kappa shape index (κ3) is 2.80. The first-order valence-electron chi connectivity index (χ1n) is 4.70. The summed E-state index contributed by atoms with van der Waals surface area (Å²) in [4.78, 5) is 11.6. The Morgan fingerprint density at radius 2 is 2.24 bits per heavy atom. The average Bonchev–Trinajstić information content (AvgIpc) is 2.28. The Morgan fingerprint density at radius 1 is 1.59 bits per heavy atom. The fraction of sp³-hybridized carbons (Fsp3) is 0.273. The number of nitrogens with zero attached hydrogens (tertiary/aromatic N) is 1. The average molecular weight is 304 g/mol. The summed E-state index contributed by atoms with van der Waals surface area (Å²) in [6.07, 6.45) is -2.92. The van der Waals surface area contributed by atoms with Crippen molar-refractivity contribution in [1.29, 1.82) is 5.26 Å². The van der Waals surface area contributed by atoms with Crippen molar-refractivity contribution in [2.24, 2.45) is 0 Å². The molecule has 1 aromatic rings. The number of ether oxygens (including phenoxy) is 1. The zero-order valence-corrected chi connectivity index (χ0v) is 10.4. The van der Waals surface area contributed by atoms with E-state index in [-0.39, 0.29) is 22.2 Å². The van der Waals surface area contributed by atoms with Crippen LogP contribution in [0.2, 0.25) is 0 Å². The minimum atomic E-state index is -2.92. The number of hydrogen-bond donors (Lipinski definition) is 0. The monoisotopic (exact) mass is 303 g/mol. The van der Waals surface area contributed by atoms with Gasteiger partial charge in [0.25, 0.3) is 6.43 Å². The van der Waals surface area contributed by atoms with Crippen molar-refractivity contribution >= 4 is 21.9 Å². The normalized spacial score (nSPS) is 10.1. The number of benzene rings is 1. The summed E-state index contributed by atoms with van der Waals surface area (Å²) in [5, 5.41) is 8.74. The van der Waals surface area contributed by atoms with Gasteiger partial charge in [-0.1, -0.05) is 0 Å². The first kappa shape index (κ1) is 13.6. The van der Waals surface area contributed by atoms with Gasteiger partial charge < -0.3 is 4.74 Å². The van der Waals surface area contributed by atoms with E-state index in [1.54, 1.807) is 13.0 Å². The van der Waals surface area contributed by atoms with E-state index in [0.717, 1.165) is 0 Å². The lowest BCUT2D eigenvalue weighted by Gasteiger charge is -2.11. The standard InChI is InChI=1S/C11H8BrF2NO2/c1-2-17-11(16)9-7(12)4-3-6(5-15)8(9)10(13)14/h3-4,10H,2H2,1H3. The first-order chi connectivity index (χ1) is 8.02. The van der Waals surface area contributed by atoms with Crippen molar-refractivity contribution in [1.82, 2.24) is 0 Å². The highest BCUT2D eigenvalue weighted by atomic mass is 79.9. The van der Waals surface area contributed by atoms with E-state index in [9.17, 15) is 13.6 Å². The summed E-state index contributed by atoms with van der Waals surface area (Å²) in [5.74, 6) is -0.869. The van der Waals surface area contributed by atoms with E-state index in [2.05, 4.69) is 20.7 Å². The molecular formula is C11H8BrF2NO2. The van der Waals surface area contributed by atoms with Crippen LogP contribution >= 0.6 is 15.9 Å². The van der Waals surface area contributed by atoms with Crippen molar-refractivity contribution in [3.8, 4) is 6.07 Å². The SMILES string of the molecule is CCOC(=O)c1c(Br)ccc(C#N)c1C(F)F. The van der Waals surface area contributed by atoms with Crippen LogP contribution in [-0.2, 0) is 4.74 Å². The van der Waals surface area contributed by atoms with Crippen molar-refractivity contribution in [3.05, 3.63) is 33.3 Å². The number of carbonyl (C=O) groups is 1. The van der Waals surface area contributed by atoms with E-state index in [1.165, 1.54) is 12.1 Å². The minimum Gasteiger partial charge on any atom is -0.462 e. The van der Waals surface area contributed by atoms with Gasteiger partial charge in [-0.05, 0) is 35.0 Å². The summed E-state index contributed by atoms with van der Waals surface area (Å²) < 4.78 is 30.6. The molecule has 0 aliphatic rings. The molecule has 0 atom stereocenters. The number of halogens is 3. The van der Waals surface area contributed by atoms with Gasteiger partial charge >= 0.3 is 5.97 Å². The minimum absolute atomic E-state index is 0.0741. The smallest absolute Gasteiger partial charge is 0.339 e. The molecule has 90 valence electrons. The molecule has 0 bridgehead atoms. The Bertz CT molecular complexity index is 483. The van der Waals surface area contributed by atoms with Gasteiger partial charge in [0.05, 0.1) is 29.4 Å². The topological polar surface area (TPSA) is 50.1 Å². The number of rotatable bonds is 3. The van der Waals surface area contributed by atoms with Gasteiger partial charge in [0, 0.05) is 4.47 Å². The fourth-order valence-electron chi connectivity index (χ4n) is 1.33. The Balaban J connectivity index is 3.45. The first-order valence-corrected chi connectivity index (χ1v) is 5.50. The molecule has 3 nitrogen and oxygen atoms in total. The molecule has 1 aromatic carbocycles. The number of nitriles is 1. The molecule has 0 heterocycles. The third-order valence-corrected chi connectivity index (χ3v) is 2.67. The van der Waals surface area contributed by atoms with Crippen LogP contribution in [0.5, 0.6) is 0 Å². The molecule has 0 radical (unpaired) electrons. The maximum Gasteiger partial charge on any atom is 0.339 e. The second-order valence-corrected chi connectivity index (χ2v) is 3.87. The molecule has 0 spiro atoms. The lowest BCUT2D eigenvalue weighted by Crippen LogP contribution is -2.11. The predicted molar refractivity (Wildman–Crippen MR) is 59.8 cm³/mol. The van der Waals surface area contributed by atoms with Crippen LogP contribution in [0.3, 0.4) is 0 Å². The molecular weight excluding hydrogens is 296 g/mol. The van der Waals surface area contributed by atoms with Crippen molar-refractivity contribution in [3.63, 3.8) is 0 Å². The third-order valence-electron chi connectivity index (χ3n) is 2.01. The van der Waals surface area contributed by atoms with Gasteiger partial charge in [-0.2, -0.15) is 5.26 Å². The van der Waals surface area contributed by atoms with Gasteiger partial charge in [0.15, 0.2) is 0 Å². The molecule has 0 fully saturated rings. The molecule has 0 unspecified atom stereocenters.